The van der Waals surface area contributed by atoms with Crippen molar-refractivity contribution in [2.45, 2.75) is 59.2 Å². The van der Waals surface area contributed by atoms with E-state index in [9.17, 15) is 4.79 Å². The number of rotatable bonds is 7. The number of nitrogens with one attached hydrogen (secondary N) is 2. The second-order valence-electron chi connectivity index (χ2n) is 8.42. The molecule has 1 aromatic carbocycles. The van der Waals surface area contributed by atoms with Crippen molar-refractivity contribution in [1.29, 1.82) is 0 Å². The normalized spacial score (nSPS) is 14.6. The van der Waals surface area contributed by atoms with Crippen molar-refractivity contribution in [1.82, 2.24) is 15.2 Å². The molecular formula is C23H30N4OS2. The first kappa shape index (κ1) is 21.4. The van der Waals surface area contributed by atoms with Gasteiger partial charge in [0.15, 0.2) is 0 Å². The van der Waals surface area contributed by atoms with E-state index in [1.807, 2.05) is 6.07 Å². The van der Waals surface area contributed by atoms with Gasteiger partial charge in [-0.3, -0.25) is 9.69 Å². The average Bonchev–Trinajstić information content (AvgIpc) is 3.27. The molecule has 2 aromatic heterocycles. The van der Waals surface area contributed by atoms with Crippen molar-refractivity contribution in [3.05, 3.63) is 34.7 Å². The Kier molecular flexibility index (Phi) is 6.53. The predicted octanol–water partition coefficient (Wildman–Crippen LogP) is 5.12. The lowest BCUT2D eigenvalue weighted by atomic mass is 10.0. The van der Waals surface area contributed by atoms with Crippen molar-refractivity contribution in [2.24, 2.45) is 0 Å². The zero-order valence-corrected chi connectivity index (χ0v) is 19.8. The highest BCUT2D eigenvalue weighted by molar-refractivity contribution is 7.22. The number of para-hydroxylation sites is 1. The van der Waals surface area contributed by atoms with E-state index in [1.165, 1.54) is 15.1 Å². The number of carbonyl (C=O) groups is 1. The highest BCUT2D eigenvalue weighted by Crippen LogP contribution is 2.45. The smallest absolute Gasteiger partial charge is 0.226 e. The van der Waals surface area contributed by atoms with Crippen LogP contribution in [0, 0.1) is 0 Å². The summed E-state index contributed by atoms with van der Waals surface area (Å²) in [6.07, 6.45) is 1.47. The molecule has 0 atom stereocenters. The number of amides is 1. The number of hydrogen-bond acceptors (Lipinski definition) is 6. The van der Waals surface area contributed by atoms with Crippen molar-refractivity contribution in [3.8, 4) is 10.6 Å². The molecule has 0 radical (unpaired) electrons. The van der Waals surface area contributed by atoms with Gasteiger partial charge in [0.05, 0.1) is 10.2 Å². The van der Waals surface area contributed by atoms with Crippen molar-refractivity contribution < 1.29 is 4.79 Å². The van der Waals surface area contributed by atoms with Gasteiger partial charge < -0.3 is 10.6 Å². The Morgan fingerprint density at radius 3 is 2.73 bits per heavy atom. The fourth-order valence-corrected chi connectivity index (χ4v) is 6.22. The molecule has 1 amide bonds. The third-order valence-corrected chi connectivity index (χ3v) is 7.67. The van der Waals surface area contributed by atoms with Crippen LogP contribution in [0.2, 0.25) is 0 Å². The summed E-state index contributed by atoms with van der Waals surface area (Å²) in [6.45, 7) is 11.4. The Balaban J connectivity index is 1.67. The maximum absolute atomic E-state index is 12.7. The first-order valence-electron chi connectivity index (χ1n) is 10.7. The minimum absolute atomic E-state index is 0.0600. The van der Waals surface area contributed by atoms with E-state index < -0.39 is 0 Å². The lowest BCUT2D eigenvalue weighted by molar-refractivity contribution is -0.116. The third-order valence-electron chi connectivity index (χ3n) is 5.48. The number of fused-ring (bicyclic) bond motifs is 2. The molecule has 0 bridgehead atoms. The average molecular weight is 443 g/mol. The molecule has 1 aliphatic rings. The van der Waals surface area contributed by atoms with Gasteiger partial charge >= 0.3 is 0 Å². The second kappa shape index (κ2) is 9.14. The Labute approximate surface area is 186 Å². The summed E-state index contributed by atoms with van der Waals surface area (Å²) in [4.78, 5) is 21.4. The quantitative estimate of drug-likeness (QED) is 0.533. The number of nitrogens with zero attached hydrogens (tertiary/aromatic N) is 2. The topological polar surface area (TPSA) is 57.3 Å². The maximum atomic E-state index is 12.7. The minimum atomic E-state index is 0.0600. The van der Waals surface area contributed by atoms with Crippen LogP contribution < -0.4 is 10.6 Å². The number of carbonyl (C=O) groups excluding carboxylic acids is 1. The van der Waals surface area contributed by atoms with Gasteiger partial charge in [0.2, 0.25) is 5.91 Å². The molecule has 0 fully saturated rings. The van der Waals surface area contributed by atoms with Gasteiger partial charge in [-0.15, -0.1) is 22.7 Å². The summed E-state index contributed by atoms with van der Waals surface area (Å²) < 4.78 is 1.19. The number of thiophene rings is 1. The lowest BCUT2D eigenvalue weighted by Gasteiger charge is -2.30. The number of thiazole rings is 1. The largest absolute Gasteiger partial charge is 0.317 e. The molecule has 3 heterocycles. The fourth-order valence-electron chi connectivity index (χ4n) is 3.82. The van der Waals surface area contributed by atoms with Crippen LogP contribution >= 0.6 is 22.7 Å². The van der Waals surface area contributed by atoms with E-state index >= 15 is 0 Å². The summed E-state index contributed by atoms with van der Waals surface area (Å²) in [5, 5.41) is 8.51. The molecule has 30 heavy (non-hydrogen) atoms. The fraction of sp³-hybridized carbons (Fsp3) is 0.478. The van der Waals surface area contributed by atoms with E-state index in [0.29, 0.717) is 25.0 Å². The van der Waals surface area contributed by atoms with Crippen LogP contribution in [0.25, 0.3) is 20.8 Å². The van der Waals surface area contributed by atoms with Gasteiger partial charge in [-0.2, -0.15) is 0 Å². The molecule has 0 saturated carbocycles. The van der Waals surface area contributed by atoms with Crippen molar-refractivity contribution in [3.63, 3.8) is 0 Å². The van der Waals surface area contributed by atoms with Gasteiger partial charge in [-0.25, -0.2) is 4.98 Å². The zero-order valence-electron chi connectivity index (χ0n) is 18.1. The third kappa shape index (κ3) is 4.59. The van der Waals surface area contributed by atoms with Crippen LogP contribution in [0.1, 0.15) is 44.6 Å². The van der Waals surface area contributed by atoms with E-state index in [0.717, 1.165) is 40.6 Å². The van der Waals surface area contributed by atoms with Gasteiger partial charge in [0.1, 0.15) is 10.0 Å². The van der Waals surface area contributed by atoms with Crippen LogP contribution in [0.4, 0.5) is 5.00 Å². The Bertz CT molecular complexity index is 1000. The van der Waals surface area contributed by atoms with E-state index in [2.05, 4.69) is 61.4 Å². The molecule has 7 heteroatoms. The molecule has 0 aliphatic carbocycles. The highest BCUT2D eigenvalue weighted by Gasteiger charge is 2.28. The van der Waals surface area contributed by atoms with Crippen LogP contribution in [0.15, 0.2) is 24.3 Å². The van der Waals surface area contributed by atoms with Crippen LogP contribution in [-0.4, -0.2) is 41.0 Å². The van der Waals surface area contributed by atoms with Crippen molar-refractivity contribution >= 4 is 43.8 Å². The molecular weight excluding hydrogens is 412 g/mol. The molecule has 0 saturated heterocycles. The molecule has 0 spiro atoms. The molecule has 1 aliphatic heterocycles. The van der Waals surface area contributed by atoms with E-state index in [4.69, 9.17) is 4.98 Å². The van der Waals surface area contributed by atoms with Crippen LogP contribution in [0.3, 0.4) is 0 Å². The second-order valence-corrected chi connectivity index (χ2v) is 10.6. The Morgan fingerprint density at radius 1 is 1.20 bits per heavy atom. The maximum Gasteiger partial charge on any atom is 0.226 e. The number of anilines is 1. The summed E-state index contributed by atoms with van der Waals surface area (Å²) in [5.74, 6) is 0.0600. The van der Waals surface area contributed by atoms with Gasteiger partial charge in [-0.1, -0.05) is 26.0 Å². The summed E-state index contributed by atoms with van der Waals surface area (Å²) in [5.41, 5.74) is 3.53. The molecule has 2 N–H and O–H groups in total. The number of hydrogen-bond donors (Lipinski definition) is 2. The van der Waals surface area contributed by atoms with E-state index in [1.54, 1.807) is 22.7 Å². The predicted molar refractivity (Wildman–Crippen MR) is 129 cm³/mol. The summed E-state index contributed by atoms with van der Waals surface area (Å²) in [7, 11) is 0. The van der Waals surface area contributed by atoms with Crippen molar-refractivity contribution in [2.75, 3.05) is 18.4 Å². The first-order chi connectivity index (χ1) is 14.4. The zero-order chi connectivity index (χ0) is 21.3. The van der Waals surface area contributed by atoms with E-state index in [-0.39, 0.29) is 5.91 Å². The number of benzene rings is 1. The van der Waals surface area contributed by atoms with Crippen LogP contribution in [-0.2, 0) is 17.8 Å². The lowest BCUT2D eigenvalue weighted by Crippen LogP contribution is -2.35. The van der Waals surface area contributed by atoms with Crippen LogP contribution in [0.5, 0.6) is 0 Å². The first-order valence-corrected chi connectivity index (χ1v) is 12.3. The standard InChI is InChI=1S/C23H30N4OS2/c1-14(2)24-11-9-20(28)26-23-21(22-25-17-7-5-6-8-18(17)29-22)16-10-12-27(15(3)4)13-19(16)30-23/h5-8,14-15,24H,9-13H2,1-4H3,(H,26,28). The highest BCUT2D eigenvalue weighted by atomic mass is 32.1. The van der Waals surface area contributed by atoms with Gasteiger partial charge in [-0.05, 0) is 38.0 Å². The van der Waals surface area contributed by atoms with Gasteiger partial charge in [0, 0.05) is 48.6 Å². The summed E-state index contributed by atoms with van der Waals surface area (Å²) in [6, 6.07) is 9.16. The Hall–Kier alpha value is -1.80. The van der Waals surface area contributed by atoms with Gasteiger partial charge in [0.25, 0.3) is 0 Å². The summed E-state index contributed by atoms with van der Waals surface area (Å²) >= 11 is 3.44. The molecule has 160 valence electrons. The Morgan fingerprint density at radius 2 is 2.00 bits per heavy atom. The minimum Gasteiger partial charge on any atom is -0.317 e. The SMILES string of the molecule is CC(C)NCCC(=O)Nc1sc2c(c1-c1nc3ccccc3s1)CCN(C(C)C)C2. The number of aromatic nitrogens is 1. The molecule has 5 nitrogen and oxygen atoms in total. The molecule has 3 aromatic rings. The monoisotopic (exact) mass is 442 g/mol. The molecule has 0 unspecified atom stereocenters. The molecule has 4 rings (SSSR count).